The molecule has 0 saturated carbocycles. The Morgan fingerprint density at radius 3 is 2.38 bits per heavy atom. The molecular formula is C19H17N3O3S. The van der Waals surface area contributed by atoms with Crippen LogP contribution in [0.1, 0.15) is 15.9 Å². The third-order valence-electron chi connectivity index (χ3n) is 3.68. The van der Waals surface area contributed by atoms with E-state index in [0.29, 0.717) is 11.3 Å². The summed E-state index contributed by atoms with van der Waals surface area (Å²) in [4.78, 5) is 16.4. The first-order valence-electron chi connectivity index (χ1n) is 7.86. The Balaban J connectivity index is 1.88. The molecule has 1 amide bonds. The predicted octanol–water partition coefficient (Wildman–Crippen LogP) is 3.44. The maximum atomic E-state index is 12.7. The average Bonchev–Trinajstić information content (AvgIpc) is 2.63. The molecule has 0 aliphatic heterocycles. The van der Waals surface area contributed by atoms with Gasteiger partial charge in [-0.2, -0.15) is 0 Å². The quantitative estimate of drug-likeness (QED) is 0.723. The van der Waals surface area contributed by atoms with Gasteiger partial charge in [0.25, 0.3) is 15.9 Å². The minimum absolute atomic E-state index is 0.0314. The molecule has 0 unspecified atom stereocenters. The van der Waals surface area contributed by atoms with Crippen LogP contribution < -0.4 is 10.0 Å². The Morgan fingerprint density at radius 2 is 1.69 bits per heavy atom. The molecule has 0 radical (unpaired) electrons. The largest absolute Gasteiger partial charge is 0.322 e. The van der Waals surface area contributed by atoms with E-state index in [0.717, 1.165) is 0 Å². The SMILES string of the molecule is Cc1ccc(C(=O)Nc2ccccc2)cc1S(=O)(=O)Nc1ccccn1. The van der Waals surface area contributed by atoms with Crippen molar-refractivity contribution in [2.75, 3.05) is 10.0 Å². The number of anilines is 2. The number of sulfonamides is 1. The third-order valence-corrected chi connectivity index (χ3v) is 5.17. The number of pyridine rings is 1. The fourth-order valence-electron chi connectivity index (χ4n) is 2.37. The van der Waals surface area contributed by atoms with E-state index in [9.17, 15) is 13.2 Å². The van der Waals surface area contributed by atoms with Gasteiger partial charge in [-0.3, -0.25) is 9.52 Å². The van der Waals surface area contributed by atoms with Crippen molar-refractivity contribution in [3.63, 3.8) is 0 Å². The zero-order valence-electron chi connectivity index (χ0n) is 14.0. The Kier molecular flexibility index (Phi) is 4.99. The second-order valence-corrected chi connectivity index (χ2v) is 7.27. The smallest absolute Gasteiger partial charge is 0.263 e. The second-order valence-electron chi connectivity index (χ2n) is 5.62. The van der Waals surface area contributed by atoms with Crippen LogP contribution in [0.4, 0.5) is 11.5 Å². The van der Waals surface area contributed by atoms with Gasteiger partial charge in [0, 0.05) is 17.4 Å². The summed E-state index contributed by atoms with van der Waals surface area (Å²) in [6, 6.07) is 18.4. The van der Waals surface area contributed by atoms with E-state index in [2.05, 4.69) is 15.0 Å². The van der Waals surface area contributed by atoms with Crippen LogP contribution in [0.15, 0.2) is 77.8 Å². The Labute approximate surface area is 152 Å². The molecule has 7 heteroatoms. The fourth-order valence-corrected chi connectivity index (χ4v) is 3.65. The third kappa shape index (κ3) is 4.07. The molecule has 0 saturated heterocycles. The number of carbonyl (C=O) groups excluding carboxylic acids is 1. The predicted molar refractivity (Wildman–Crippen MR) is 101 cm³/mol. The van der Waals surface area contributed by atoms with Gasteiger partial charge in [0.15, 0.2) is 0 Å². The van der Waals surface area contributed by atoms with E-state index < -0.39 is 10.0 Å². The number of rotatable bonds is 5. The summed E-state index contributed by atoms with van der Waals surface area (Å²) >= 11 is 0. The van der Waals surface area contributed by atoms with Crippen molar-refractivity contribution in [2.24, 2.45) is 0 Å². The topological polar surface area (TPSA) is 88.2 Å². The molecule has 1 aromatic heterocycles. The summed E-state index contributed by atoms with van der Waals surface area (Å²) in [5, 5.41) is 2.74. The van der Waals surface area contributed by atoms with Crippen LogP contribution in [-0.2, 0) is 10.0 Å². The molecule has 0 aliphatic carbocycles. The van der Waals surface area contributed by atoms with Gasteiger partial charge in [0.2, 0.25) is 0 Å². The van der Waals surface area contributed by atoms with Crippen LogP contribution in [0.5, 0.6) is 0 Å². The highest BCUT2D eigenvalue weighted by molar-refractivity contribution is 7.92. The van der Waals surface area contributed by atoms with Crippen LogP contribution in [0.2, 0.25) is 0 Å². The molecule has 2 N–H and O–H groups in total. The Morgan fingerprint density at radius 1 is 0.962 bits per heavy atom. The molecule has 26 heavy (non-hydrogen) atoms. The van der Waals surface area contributed by atoms with E-state index in [1.54, 1.807) is 61.5 Å². The average molecular weight is 367 g/mol. The van der Waals surface area contributed by atoms with Gasteiger partial charge in [0.05, 0.1) is 4.90 Å². The summed E-state index contributed by atoms with van der Waals surface area (Å²) in [6.07, 6.45) is 1.49. The van der Waals surface area contributed by atoms with Crippen molar-refractivity contribution in [3.05, 3.63) is 84.1 Å². The highest BCUT2D eigenvalue weighted by Crippen LogP contribution is 2.20. The van der Waals surface area contributed by atoms with Gasteiger partial charge >= 0.3 is 0 Å². The van der Waals surface area contributed by atoms with Gasteiger partial charge < -0.3 is 5.32 Å². The molecule has 0 fully saturated rings. The van der Waals surface area contributed by atoms with Gasteiger partial charge in [-0.1, -0.05) is 30.3 Å². The van der Waals surface area contributed by atoms with Gasteiger partial charge in [0.1, 0.15) is 5.82 Å². The van der Waals surface area contributed by atoms with E-state index >= 15 is 0 Å². The van der Waals surface area contributed by atoms with E-state index in [4.69, 9.17) is 0 Å². The standard InChI is InChI=1S/C19H17N3O3S/c1-14-10-11-15(19(23)21-16-7-3-2-4-8-16)13-17(14)26(24,25)22-18-9-5-6-12-20-18/h2-13H,1H3,(H,20,22)(H,21,23). The first-order chi connectivity index (χ1) is 12.5. The number of para-hydroxylation sites is 1. The molecule has 6 nitrogen and oxygen atoms in total. The number of nitrogens with one attached hydrogen (secondary N) is 2. The summed E-state index contributed by atoms with van der Waals surface area (Å²) < 4.78 is 27.8. The summed E-state index contributed by atoms with van der Waals surface area (Å²) in [6.45, 7) is 1.67. The first-order valence-corrected chi connectivity index (χ1v) is 9.35. The number of carbonyl (C=O) groups is 1. The molecule has 132 valence electrons. The lowest BCUT2D eigenvalue weighted by molar-refractivity contribution is 0.102. The zero-order chi connectivity index (χ0) is 18.6. The maximum absolute atomic E-state index is 12.7. The summed E-state index contributed by atoms with van der Waals surface area (Å²) in [5.41, 5.74) is 1.42. The second kappa shape index (κ2) is 7.37. The number of aromatic nitrogens is 1. The molecule has 0 atom stereocenters. The van der Waals surface area contributed by atoms with Crippen molar-refractivity contribution in [1.82, 2.24) is 4.98 Å². The van der Waals surface area contributed by atoms with E-state index in [1.165, 1.54) is 12.3 Å². The lowest BCUT2D eigenvalue weighted by atomic mass is 10.1. The number of nitrogens with zero attached hydrogens (tertiary/aromatic N) is 1. The van der Waals surface area contributed by atoms with Crippen LogP contribution in [0.3, 0.4) is 0 Å². The van der Waals surface area contributed by atoms with Gasteiger partial charge in [-0.25, -0.2) is 13.4 Å². The normalized spacial score (nSPS) is 11.0. The zero-order valence-corrected chi connectivity index (χ0v) is 14.8. The van der Waals surface area contributed by atoms with Crippen LogP contribution in [0, 0.1) is 6.92 Å². The van der Waals surface area contributed by atoms with Crippen LogP contribution >= 0.6 is 0 Å². The van der Waals surface area contributed by atoms with Crippen LogP contribution in [-0.4, -0.2) is 19.3 Å². The summed E-state index contributed by atoms with van der Waals surface area (Å²) in [5.74, 6) is -0.170. The lowest BCUT2D eigenvalue weighted by Gasteiger charge is -2.12. The molecular weight excluding hydrogens is 350 g/mol. The molecule has 3 aromatic rings. The lowest BCUT2D eigenvalue weighted by Crippen LogP contribution is -2.17. The molecule has 3 rings (SSSR count). The van der Waals surface area contributed by atoms with Gasteiger partial charge in [-0.05, 0) is 48.9 Å². The number of hydrogen-bond acceptors (Lipinski definition) is 4. The minimum Gasteiger partial charge on any atom is -0.322 e. The number of aryl methyl sites for hydroxylation is 1. The van der Waals surface area contributed by atoms with E-state index in [1.807, 2.05) is 6.07 Å². The minimum atomic E-state index is -3.87. The molecule has 2 aromatic carbocycles. The Bertz CT molecular complexity index is 1020. The van der Waals surface area contributed by atoms with Gasteiger partial charge in [-0.15, -0.1) is 0 Å². The van der Waals surface area contributed by atoms with Crippen molar-refractivity contribution >= 4 is 27.4 Å². The highest BCUT2D eigenvalue weighted by atomic mass is 32.2. The monoisotopic (exact) mass is 367 g/mol. The van der Waals surface area contributed by atoms with Crippen molar-refractivity contribution in [3.8, 4) is 0 Å². The Hall–Kier alpha value is -3.19. The van der Waals surface area contributed by atoms with E-state index in [-0.39, 0.29) is 22.2 Å². The number of benzene rings is 2. The molecule has 0 bridgehead atoms. The summed E-state index contributed by atoms with van der Waals surface area (Å²) in [7, 11) is -3.87. The number of hydrogen-bond donors (Lipinski definition) is 2. The van der Waals surface area contributed by atoms with Crippen molar-refractivity contribution in [1.29, 1.82) is 0 Å². The van der Waals surface area contributed by atoms with Crippen molar-refractivity contribution in [2.45, 2.75) is 11.8 Å². The molecule has 0 aliphatic rings. The molecule has 0 spiro atoms. The maximum Gasteiger partial charge on any atom is 0.263 e. The number of amides is 1. The first kappa shape index (κ1) is 17.6. The van der Waals surface area contributed by atoms with Crippen LogP contribution in [0.25, 0.3) is 0 Å². The molecule has 1 heterocycles. The highest BCUT2D eigenvalue weighted by Gasteiger charge is 2.19. The fraction of sp³-hybridized carbons (Fsp3) is 0.0526. The van der Waals surface area contributed by atoms with Crippen molar-refractivity contribution < 1.29 is 13.2 Å².